The number of benzene rings is 1. The van der Waals surface area contributed by atoms with Crippen LogP contribution in [0.5, 0.6) is 0 Å². The molecule has 2 fully saturated rings. The van der Waals surface area contributed by atoms with Crippen molar-refractivity contribution in [3.05, 3.63) is 35.0 Å². The molecule has 7 N–H and O–H groups in total. The van der Waals surface area contributed by atoms with Crippen LogP contribution >= 0.6 is 0 Å². The van der Waals surface area contributed by atoms with Crippen molar-refractivity contribution in [2.24, 2.45) is 23.5 Å². The van der Waals surface area contributed by atoms with Crippen molar-refractivity contribution in [2.75, 3.05) is 11.1 Å². The molecule has 3 aliphatic rings. The van der Waals surface area contributed by atoms with Crippen LogP contribution in [0.4, 0.5) is 11.4 Å². The summed E-state index contributed by atoms with van der Waals surface area (Å²) in [5, 5.41) is 19.1. The number of hydrogen-bond acceptors (Lipinski definition) is 5. The van der Waals surface area contributed by atoms with Crippen molar-refractivity contribution in [3.63, 3.8) is 0 Å². The minimum Gasteiger partial charge on any atom is -0.404 e. The van der Waals surface area contributed by atoms with Crippen LogP contribution in [0, 0.1) is 28.6 Å². The van der Waals surface area contributed by atoms with E-state index in [2.05, 4.69) is 5.32 Å². The summed E-state index contributed by atoms with van der Waals surface area (Å²) in [4.78, 5) is 0. The summed E-state index contributed by atoms with van der Waals surface area (Å²) in [5.74, 6) is 2.20. The van der Waals surface area contributed by atoms with Gasteiger partial charge in [0.2, 0.25) is 0 Å². The van der Waals surface area contributed by atoms with Gasteiger partial charge in [0.15, 0.2) is 0 Å². The Hall–Kier alpha value is -2.30. The van der Waals surface area contributed by atoms with Crippen molar-refractivity contribution < 1.29 is 0 Å². The molecule has 4 rings (SSSR count). The first-order valence-corrected chi connectivity index (χ1v) is 8.31. The van der Waals surface area contributed by atoms with E-state index in [-0.39, 0.29) is 6.04 Å². The smallest absolute Gasteiger partial charge is 0.0579 e. The summed E-state index contributed by atoms with van der Waals surface area (Å²) in [7, 11) is 0. The van der Waals surface area contributed by atoms with Gasteiger partial charge in [-0.1, -0.05) is 0 Å². The molecule has 0 radical (unpaired) electrons. The molecule has 2 saturated carbocycles. The maximum Gasteiger partial charge on any atom is 0.0579 e. The van der Waals surface area contributed by atoms with Crippen LogP contribution < -0.4 is 16.8 Å². The number of fused-ring (bicyclic) bond motifs is 7. The predicted molar refractivity (Wildman–Crippen MR) is 94.3 cm³/mol. The molecule has 0 amide bonds. The maximum atomic E-state index is 7.82. The molecular formula is C18H23N5. The van der Waals surface area contributed by atoms with Crippen LogP contribution in [-0.4, -0.2) is 18.5 Å². The highest BCUT2D eigenvalue weighted by molar-refractivity contribution is 5.91. The van der Waals surface area contributed by atoms with Gasteiger partial charge in [0.1, 0.15) is 0 Å². The van der Waals surface area contributed by atoms with Gasteiger partial charge in [0.05, 0.1) is 6.04 Å². The fourth-order valence-electron chi connectivity index (χ4n) is 5.35. The highest BCUT2D eigenvalue weighted by Gasteiger charge is 2.54. The first kappa shape index (κ1) is 14.3. The molecule has 5 nitrogen and oxygen atoms in total. The fraction of sp³-hybridized carbons (Fsp3) is 0.444. The van der Waals surface area contributed by atoms with E-state index in [1.165, 1.54) is 37.3 Å². The standard InChI is InChI=1S/C18H23N5/c19-6-11(7-20)18-16-10-2-1-9(5-10)15(16)17-12(8-21)13(22)3-4-14(17)23-18/h3-4,6-10,15-16,18-19,21,23H,1-2,5,20,22H2/b11-7+,19-6?,21-8?/t9?,10-,15?,16?,18+/m1/s1. The van der Waals surface area contributed by atoms with E-state index in [0.717, 1.165) is 16.8 Å². The van der Waals surface area contributed by atoms with Gasteiger partial charge in [-0.3, -0.25) is 0 Å². The lowest BCUT2D eigenvalue weighted by molar-refractivity contribution is 0.264. The minimum atomic E-state index is 0.0903. The number of nitrogen functional groups attached to an aromatic ring is 1. The van der Waals surface area contributed by atoms with Gasteiger partial charge in [0.25, 0.3) is 0 Å². The molecule has 5 heteroatoms. The predicted octanol–water partition coefficient (Wildman–Crippen LogP) is 2.68. The van der Waals surface area contributed by atoms with Crippen molar-refractivity contribution in [2.45, 2.75) is 31.2 Å². The zero-order chi connectivity index (χ0) is 16.1. The average molecular weight is 309 g/mol. The second-order valence-electron chi connectivity index (χ2n) is 7.04. The number of rotatable bonds is 3. The van der Waals surface area contributed by atoms with Crippen LogP contribution in [0.1, 0.15) is 36.3 Å². The van der Waals surface area contributed by atoms with E-state index in [9.17, 15) is 0 Å². The Morgan fingerprint density at radius 2 is 2.00 bits per heavy atom. The third-order valence-corrected chi connectivity index (χ3v) is 6.19. The molecule has 23 heavy (non-hydrogen) atoms. The van der Waals surface area contributed by atoms with Crippen LogP contribution in [-0.2, 0) is 0 Å². The Bertz CT molecular complexity index is 708. The van der Waals surface area contributed by atoms with Crippen molar-refractivity contribution in [1.82, 2.24) is 0 Å². The summed E-state index contributed by atoms with van der Waals surface area (Å²) >= 11 is 0. The molecule has 1 heterocycles. The molecule has 0 aromatic heterocycles. The van der Waals surface area contributed by atoms with Crippen molar-refractivity contribution >= 4 is 23.8 Å². The second-order valence-corrected chi connectivity index (χ2v) is 7.04. The van der Waals surface area contributed by atoms with Crippen LogP contribution in [0.25, 0.3) is 0 Å². The van der Waals surface area contributed by atoms with Crippen molar-refractivity contribution in [1.29, 1.82) is 10.8 Å². The summed E-state index contributed by atoms with van der Waals surface area (Å²) in [6.45, 7) is 0. The Labute approximate surface area is 136 Å². The largest absolute Gasteiger partial charge is 0.404 e. The normalized spacial score (nSPS) is 34.4. The lowest BCUT2D eigenvalue weighted by atomic mass is 9.67. The van der Waals surface area contributed by atoms with Gasteiger partial charge < -0.3 is 27.6 Å². The SMILES string of the molecule is N=C/C(=C\N)[C@@H]1Nc2ccc(N)c(C=N)c2C2C3CC[C@H](C3)C21. The molecule has 3 unspecified atom stereocenters. The molecule has 0 saturated heterocycles. The summed E-state index contributed by atoms with van der Waals surface area (Å²) in [6.07, 6.45) is 8.10. The highest BCUT2D eigenvalue weighted by Crippen LogP contribution is 2.62. The number of hydrogen-bond donors (Lipinski definition) is 5. The molecule has 2 aliphatic carbocycles. The Kier molecular flexibility index (Phi) is 3.18. The van der Waals surface area contributed by atoms with Gasteiger partial charge >= 0.3 is 0 Å². The first-order valence-electron chi connectivity index (χ1n) is 8.31. The Morgan fingerprint density at radius 3 is 2.70 bits per heavy atom. The number of nitrogens with one attached hydrogen (secondary N) is 3. The molecule has 0 spiro atoms. The lowest BCUT2D eigenvalue weighted by Gasteiger charge is -2.44. The topological polar surface area (TPSA) is 112 Å². The third kappa shape index (κ3) is 1.85. The van der Waals surface area contributed by atoms with Gasteiger partial charge in [-0.05, 0) is 60.6 Å². The minimum absolute atomic E-state index is 0.0903. The zero-order valence-electron chi connectivity index (χ0n) is 13.0. The Morgan fingerprint density at radius 1 is 1.22 bits per heavy atom. The lowest BCUT2D eigenvalue weighted by Crippen LogP contribution is -2.43. The summed E-state index contributed by atoms with van der Waals surface area (Å²) < 4.78 is 0. The third-order valence-electron chi connectivity index (χ3n) is 6.19. The first-order chi connectivity index (χ1) is 11.2. The van der Waals surface area contributed by atoms with Crippen LogP contribution in [0.2, 0.25) is 0 Å². The van der Waals surface area contributed by atoms with Crippen LogP contribution in [0.3, 0.4) is 0 Å². The highest BCUT2D eigenvalue weighted by atomic mass is 15.0. The average Bonchev–Trinajstić information content (AvgIpc) is 3.18. The number of nitrogens with two attached hydrogens (primary N) is 2. The van der Waals surface area contributed by atoms with Gasteiger partial charge in [-0.2, -0.15) is 0 Å². The molecule has 2 bridgehead atoms. The van der Waals surface area contributed by atoms with E-state index in [0.29, 0.717) is 29.4 Å². The van der Waals surface area contributed by atoms with E-state index >= 15 is 0 Å². The van der Waals surface area contributed by atoms with Crippen molar-refractivity contribution in [3.8, 4) is 0 Å². The molecule has 1 aliphatic heterocycles. The quantitative estimate of drug-likeness (QED) is 0.437. The number of anilines is 2. The molecular weight excluding hydrogens is 286 g/mol. The monoisotopic (exact) mass is 309 g/mol. The fourth-order valence-corrected chi connectivity index (χ4v) is 5.35. The molecule has 1 aromatic carbocycles. The maximum absolute atomic E-state index is 7.82. The molecule has 5 atom stereocenters. The van der Waals surface area contributed by atoms with Gasteiger partial charge in [0, 0.05) is 41.1 Å². The van der Waals surface area contributed by atoms with Gasteiger partial charge in [-0.25, -0.2) is 0 Å². The Balaban J connectivity index is 1.90. The van der Waals surface area contributed by atoms with E-state index in [1.807, 2.05) is 12.1 Å². The van der Waals surface area contributed by atoms with Crippen LogP contribution in [0.15, 0.2) is 23.9 Å². The van der Waals surface area contributed by atoms with E-state index in [1.54, 1.807) is 6.20 Å². The summed E-state index contributed by atoms with van der Waals surface area (Å²) in [6, 6.07) is 3.98. The molecule has 120 valence electrons. The summed E-state index contributed by atoms with van der Waals surface area (Å²) in [5.41, 5.74) is 16.6. The second kappa shape index (κ2) is 5.11. The van der Waals surface area contributed by atoms with E-state index < -0.39 is 0 Å². The van der Waals surface area contributed by atoms with E-state index in [4.69, 9.17) is 22.3 Å². The zero-order valence-corrected chi connectivity index (χ0v) is 13.0. The van der Waals surface area contributed by atoms with Gasteiger partial charge in [-0.15, -0.1) is 0 Å². The molecule has 1 aromatic rings.